The predicted molar refractivity (Wildman–Crippen MR) is 76.1 cm³/mol. The maximum Gasteiger partial charge on any atom is 0.124 e. The first-order valence-electron chi connectivity index (χ1n) is 6.25. The van der Waals surface area contributed by atoms with Gasteiger partial charge in [-0.15, -0.1) is 0 Å². The highest BCUT2D eigenvalue weighted by Gasteiger charge is 2.02. The second-order valence-corrected chi connectivity index (χ2v) is 4.74. The van der Waals surface area contributed by atoms with E-state index in [0.29, 0.717) is 5.69 Å². The summed E-state index contributed by atoms with van der Waals surface area (Å²) in [4.78, 5) is 0.742. The van der Waals surface area contributed by atoms with Gasteiger partial charge in [-0.2, -0.15) is 0 Å². The fraction of sp³-hybridized carbons (Fsp3) is 0.538. The predicted octanol–water partition coefficient (Wildman–Crippen LogP) is 3.10. The zero-order chi connectivity index (χ0) is 13.1. The largest absolute Gasteiger partial charge is 0.399 e. The van der Waals surface area contributed by atoms with Gasteiger partial charge in [0.25, 0.3) is 0 Å². The molecule has 3 nitrogen and oxygen atoms in total. The summed E-state index contributed by atoms with van der Waals surface area (Å²) in [5.41, 5.74) is 6.26. The maximum absolute atomic E-state index is 11.7. The molecule has 1 unspecified atom stereocenters. The van der Waals surface area contributed by atoms with Crippen LogP contribution < -0.4 is 10.5 Å². The van der Waals surface area contributed by atoms with Crippen LogP contribution in [0.15, 0.2) is 29.2 Å². The van der Waals surface area contributed by atoms with Crippen LogP contribution >= 0.6 is 0 Å². The van der Waals surface area contributed by atoms with Gasteiger partial charge in [-0.1, -0.05) is 39.7 Å². The van der Waals surface area contributed by atoms with Crippen LogP contribution in [0.5, 0.6) is 0 Å². The Morgan fingerprint density at radius 3 is 2.59 bits per heavy atom. The van der Waals surface area contributed by atoms with Crippen LogP contribution in [-0.4, -0.2) is 10.8 Å². The maximum atomic E-state index is 11.7. The van der Waals surface area contributed by atoms with E-state index in [2.05, 4.69) is 11.6 Å². The fourth-order valence-electron chi connectivity index (χ4n) is 1.25. The summed E-state index contributed by atoms with van der Waals surface area (Å²) in [6, 6.07) is 7.16. The zero-order valence-electron chi connectivity index (χ0n) is 11.0. The quantitative estimate of drug-likeness (QED) is 0.607. The minimum absolute atomic E-state index is 0.649. The first-order valence-corrected chi connectivity index (χ1v) is 7.40. The Morgan fingerprint density at radius 1 is 1.29 bits per heavy atom. The molecule has 0 saturated heterocycles. The lowest BCUT2D eigenvalue weighted by Gasteiger charge is -2.04. The van der Waals surface area contributed by atoms with Crippen molar-refractivity contribution in [2.24, 2.45) is 0 Å². The normalized spacial score (nSPS) is 11.5. The molecule has 0 bridgehead atoms. The molecule has 0 aliphatic heterocycles. The summed E-state index contributed by atoms with van der Waals surface area (Å²) < 4.78 is 14.7. The summed E-state index contributed by atoms with van der Waals surface area (Å²) in [6.07, 6.45) is 3.40. The number of nitrogens with two attached hydrogens (primary N) is 1. The van der Waals surface area contributed by atoms with E-state index in [1.807, 2.05) is 26.0 Å². The van der Waals surface area contributed by atoms with Crippen LogP contribution in [0.3, 0.4) is 0 Å². The monoisotopic (exact) mass is 256 g/mol. The van der Waals surface area contributed by atoms with E-state index in [9.17, 15) is 4.21 Å². The minimum Gasteiger partial charge on any atom is -0.399 e. The molecule has 98 valence electrons. The third-order valence-electron chi connectivity index (χ3n) is 2.09. The minimum atomic E-state index is -1.13. The summed E-state index contributed by atoms with van der Waals surface area (Å²) in [5.74, 6) is 0. The van der Waals surface area contributed by atoms with Gasteiger partial charge in [-0.25, -0.2) is 8.93 Å². The molecule has 0 heterocycles. The number of hydrogen-bond acceptors (Lipinski definition) is 2. The topological polar surface area (TPSA) is 55.1 Å². The molecule has 0 fully saturated rings. The van der Waals surface area contributed by atoms with Gasteiger partial charge in [0.2, 0.25) is 0 Å². The molecular formula is C13H24N2OS. The van der Waals surface area contributed by atoms with Gasteiger partial charge in [-0.05, 0) is 24.6 Å². The van der Waals surface area contributed by atoms with Crippen molar-refractivity contribution in [2.75, 3.05) is 12.3 Å². The highest BCUT2D eigenvalue weighted by molar-refractivity contribution is 7.83. The summed E-state index contributed by atoms with van der Waals surface area (Å²) in [6.45, 7) is 6.93. The lowest BCUT2D eigenvalue weighted by atomic mass is 10.3. The molecule has 0 saturated carbocycles. The Bertz CT molecular complexity index is 329. The van der Waals surface area contributed by atoms with Crippen molar-refractivity contribution in [3.8, 4) is 0 Å². The molecule has 0 aromatic heterocycles. The molecule has 0 radical (unpaired) electrons. The number of hydrogen-bond donors (Lipinski definition) is 2. The second kappa shape index (κ2) is 10.3. The molecule has 1 aromatic carbocycles. The first-order chi connectivity index (χ1) is 8.24. The molecule has 4 heteroatoms. The Labute approximate surface area is 107 Å². The summed E-state index contributed by atoms with van der Waals surface area (Å²) in [7, 11) is -1.13. The molecule has 0 amide bonds. The van der Waals surface area contributed by atoms with Crippen LogP contribution in [0, 0.1) is 0 Å². The first kappa shape index (κ1) is 16.1. The van der Waals surface area contributed by atoms with Crippen LogP contribution in [0.2, 0.25) is 0 Å². The summed E-state index contributed by atoms with van der Waals surface area (Å²) >= 11 is 0. The second-order valence-electron chi connectivity index (χ2n) is 3.44. The van der Waals surface area contributed by atoms with E-state index >= 15 is 0 Å². The van der Waals surface area contributed by atoms with Crippen molar-refractivity contribution in [2.45, 2.75) is 44.9 Å². The highest BCUT2D eigenvalue weighted by atomic mass is 32.2. The van der Waals surface area contributed by atoms with Gasteiger partial charge in [0.05, 0.1) is 4.90 Å². The van der Waals surface area contributed by atoms with Gasteiger partial charge < -0.3 is 5.73 Å². The van der Waals surface area contributed by atoms with Crippen LogP contribution in [0.4, 0.5) is 5.69 Å². The van der Waals surface area contributed by atoms with E-state index in [1.165, 1.54) is 12.8 Å². The van der Waals surface area contributed by atoms with Crippen molar-refractivity contribution >= 4 is 16.7 Å². The number of nitrogens with one attached hydrogen (secondary N) is 1. The molecule has 0 aliphatic rings. The molecule has 17 heavy (non-hydrogen) atoms. The Kier molecular flexibility index (Phi) is 9.77. The van der Waals surface area contributed by atoms with Crippen LogP contribution in [-0.2, 0) is 11.0 Å². The lowest BCUT2D eigenvalue weighted by Crippen LogP contribution is -2.18. The van der Waals surface area contributed by atoms with E-state index in [-0.39, 0.29) is 0 Å². The van der Waals surface area contributed by atoms with Crippen molar-refractivity contribution in [3.05, 3.63) is 24.3 Å². The van der Waals surface area contributed by atoms with E-state index in [0.717, 1.165) is 17.9 Å². The van der Waals surface area contributed by atoms with E-state index in [4.69, 9.17) is 5.73 Å². The van der Waals surface area contributed by atoms with E-state index < -0.39 is 11.0 Å². The van der Waals surface area contributed by atoms with Gasteiger partial charge in [0, 0.05) is 12.2 Å². The van der Waals surface area contributed by atoms with Crippen molar-refractivity contribution < 1.29 is 4.21 Å². The average Bonchev–Trinajstić information content (AvgIpc) is 2.37. The fourth-order valence-corrected chi connectivity index (χ4v) is 2.19. The number of benzene rings is 1. The van der Waals surface area contributed by atoms with Crippen molar-refractivity contribution in [1.82, 2.24) is 4.72 Å². The molecule has 0 aliphatic carbocycles. The van der Waals surface area contributed by atoms with E-state index in [1.54, 1.807) is 12.1 Å². The molecule has 3 N–H and O–H groups in total. The number of unbranched alkanes of at least 4 members (excludes halogenated alkanes) is 2. The van der Waals surface area contributed by atoms with Gasteiger partial charge >= 0.3 is 0 Å². The number of nitrogen functional groups attached to an aromatic ring is 1. The standard InChI is InChI=1S/C11H18N2OS.C2H6/c1-2-3-4-8-13-15(14)11-7-5-6-10(12)9-11;1-2/h5-7,9,13H,2-4,8,12H2,1H3;1-2H3. The van der Waals surface area contributed by atoms with Crippen LogP contribution in [0.1, 0.15) is 40.0 Å². The number of rotatable bonds is 6. The van der Waals surface area contributed by atoms with Gasteiger partial charge in [0.15, 0.2) is 0 Å². The Balaban J connectivity index is 0.00000121. The SMILES string of the molecule is CC.CCCCCNS(=O)c1cccc(N)c1. The van der Waals surface area contributed by atoms with Crippen molar-refractivity contribution in [1.29, 1.82) is 0 Å². The van der Waals surface area contributed by atoms with Gasteiger partial charge in [-0.3, -0.25) is 0 Å². The molecule has 1 atom stereocenters. The van der Waals surface area contributed by atoms with Crippen LogP contribution in [0.25, 0.3) is 0 Å². The van der Waals surface area contributed by atoms with Gasteiger partial charge in [0.1, 0.15) is 11.0 Å². The molecular weight excluding hydrogens is 232 g/mol. The highest BCUT2D eigenvalue weighted by Crippen LogP contribution is 2.09. The third kappa shape index (κ3) is 7.13. The van der Waals surface area contributed by atoms with Crippen molar-refractivity contribution in [3.63, 3.8) is 0 Å². The Morgan fingerprint density at radius 2 is 2.00 bits per heavy atom. The summed E-state index contributed by atoms with van der Waals surface area (Å²) in [5, 5.41) is 0. The molecule has 1 rings (SSSR count). The number of anilines is 1. The lowest BCUT2D eigenvalue weighted by molar-refractivity contribution is 0.657. The zero-order valence-corrected chi connectivity index (χ0v) is 11.8. The molecule has 0 spiro atoms. The molecule has 1 aromatic rings. The average molecular weight is 256 g/mol. The Hall–Kier alpha value is -0.870. The smallest absolute Gasteiger partial charge is 0.124 e. The third-order valence-corrected chi connectivity index (χ3v) is 3.23.